The minimum absolute atomic E-state index is 0.567. The summed E-state index contributed by atoms with van der Waals surface area (Å²) >= 11 is 0. The molecule has 0 amide bonds. The first-order chi connectivity index (χ1) is 9.02. The van der Waals surface area contributed by atoms with Crippen molar-refractivity contribution < 1.29 is 13.2 Å². The monoisotopic (exact) mass is 266 g/mol. The van der Waals surface area contributed by atoms with Gasteiger partial charge in [-0.1, -0.05) is 18.2 Å². The Kier molecular flexibility index (Phi) is 3.85. The first kappa shape index (κ1) is 13.5. The van der Waals surface area contributed by atoms with Crippen molar-refractivity contribution in [2.75, 3.05) is 7.05 Å². The standard InChI is InChI=1S/C14H13F3N2/c1-18-9-13-12(3-2-8-19-13)10-4-6-11(7-5-10)14(15,16)17/h2-8,18H,9H2,1H3. The van der Waals surface area contributed by atoms with Gasteiger partial charge >= 0.3 is 6.18 Å². The number of hydrogen-bond acceptors (Lipinski definition) is 2. The van der Waals surface area contributed by atoms with Crippen LogP contribution in [0, 0.1) is 0 Å². The lowest BCUT2D eigenvalue weighted by molar-refractivity contribution is -0.137. The normalized spacial score (nSPS) is 11.6. The van der Waals surface area contributed by atoms with Gasteiger partial charge in [-0.15, -0.1) is 0 Å². The highest BCUT2D eigenvalue weighted by atomic mass is 19.4. The average molecular weight is 266 g/mol. The van der Waals surface area contributed by atoms with Gasteiger partial charge in [-0.2, -0.15) is 13.2 Å². The van der Waals surface area contributed by atoms with E-state index in [9.17, 15) is 13.2 Å². The average Bonchev–Trinajstić information content (AvgIpc) is 2.39. The van der Waals surface area contributed by atoms with Crippen LogP contribution >= 0.6 is 0 Å². The molecular formula is C14H13F3N2. The van der Waals surface area contributed by atoms with E-state index < -0.39 is 11.7 Å². The van der Waals surface area contributed by atoms with E-state index in [1.165, 1.54) is 12.1 Å². The highest BCUT2D eigenvalue weighted by molar-refractivity contribution is 5.66. The lowest BCUT2D eigenvalue weighted by Gasteiger charge is -2.10. The number of rotatable bonds is 3. The van der Waals surface area contributed by atoms with Crippen molar-refractivity contribution >= 4 is 0 Å². The van der Waals surface area contributed by atoms with Gasteiger partial charge in [0, 0.05) is 18.3 Å². The maximum Gasteiger partial charge on any atom is 0.416 e. The van der Waals surface area contributed by atoms with E-state index in [1.54, 1.807) is 19.3 Å². The number of benzene rings is 1. The molecule has 1 heterocycles. The molecule has 2 aromatic rings. The van der Waals surface area contributed by atoms with Crippen LogP contribution in [0.4, 0.5) is 13.2 Å². The van der Waals surface area contributed by atoms with Gasteiger partial charge in [0.2, 0.25) is 0 Å². The highest BCUT2D eigenvalue weighted by Crippen LogP contribution is 2.31. The summed E-state index contributed by atoms with van der Waals surface area (Å²) in [6.45, 7) is 0.567. The topological polar surface area (TPSA) is 24.9 Å². The lowest BCUT2D eigenvalue weighted by Crippen LogP contribution is -2.08. The molecule has 0 saturated heterocycles. The number of halogens is 3. The summed E-state index contributed by atoms with van der Waals surface area (Å²) in [5.41, 5.74) is 1.73. The highest BCUT2D eigenvalue weighted by Gasteiger charge is 2.30. The summed E-state index contributed by atoms with van der Waals surface area (Å²) in [5, 5.41) is 2.99. The van der Waals surface area contributed by atoms with Crippen molar-refractivity contribution in [1.29, 1.82) is 0 Å². The second kappa shape index (κ2) is 5.40. The van der Waals surface area contributed by atoms with Crippen molar-refractivity contribution in [3.05, 3.63) is 53.9 Å². The Morgan fingerprint density at radius 1 is 1.11 bits per heavy atom. The fourth-order valence-electron chi connectivity index (χ4n) is 1.85. The van der Waals surface area contributed by atoms with Crippen molar-refractivity contribution in [2.24, 2.45) is 0 Å². The molecule has 2 nitrogen and oxygen atoms in total. The molecule has 1 N–H and O–H groups in total. The summed E-state index contributed by atoms with van der Waals surface area (Å²) in [4.78, 5) is 4.23. The maximum atomic E-state index is 12.5. The van der Waals surface area contributed by atoms with Gasteiger partial charge < -0.3 is 5.32 Å². The van der Waals surface area contributed by atoms with E-state index in [4.69, 9.17) is 0 Å². The van der Waals surface area contributed by atoms with Gasteiger partial charge in [0.15, 0.2) is 0 Å². The predicted molar refractivity (Wildman–Crippen MR) is 67.4 cm³/mol. The van der Waals surface area contributed by atoms with Crippen LogP contribution in [0.15, 0.2) is 42.6 Å². The van der Waals surface area contributed by atoms with Crippen LogP contribution in [-0.4, -0.2) is 12.0 Å². The lowest BCUT2D eigenvalue weighted by atomic mass is 10.0. The van der Waals surface area contributed by atoms with Crippen LogP contribution in [0.25, 0.3) is 11.1 Å². The van der Waals surface area contributed by atoms with Gasteiger partial charge in [-0.05, 0) is 30.8 Å². The van der Waals surface area contributed by atoms with Crippen LogP contribution in [0.5, 0.6) is 0 Å². The molecule has 1 aromatic heterocycles. The number of alkyl halides is 3. The summed E-state index contributed by atoms with van der Waals surface area (Å²) < 4.78 is 37.5. The third-order valence-electron chi connectivity index (χ3n) is 2.76. The Labute approximate surface area is 109 Å². The fourth-order valence-corrected chi connectivity index (χ4v) is 1.85. The summed E-state index contributed by atoms with van der Waals surface area (Å²) in [7, 11) is 1.80. The van der Waals surface area contributed by atoms with Gasteiger partial charge in [0.05, 0.1) is 11.3 Å². The Balaban J connectivity index is 2.37. The van der Waals surface area contributed by atoms with E-state index in [1.807, 2.05) is 6.07 Å². The molecule has 0 fully saturated rings. The molecule has 0 unspecified atom stereocenters. The third-order valence-corrected chi connectivity index (χ3v) is 2.76. The second-order valence-electron chi connectivity index (χ2n) is 4.10. The Morgan fingerprint density at radius 2 is 1.79 bits per heavy atom. The van der Waals surface area contributed by atoms with Crippen LogP contribution in [0.1, 0.15) is 11.3 Å². The zero-order valence-electron chi connectivity index (χ0n) is 10.3. The minimum Gasteiger partial charge on any atom is -0.314 e. The molecule has 0 aliphatic carbocycles. The molecular weight excluding hydrogens is 253 g/mol. The van der Waals surface area contributed by atoms with Gasteiger partial charge in [0.25, 0.3) is 0 Å². The molecule has 19 heavy (non-hydrogen) atoms. The van der Waals surface area contributed by atoms with Crippen molar-refractivity contribution in [3.63, 3.8) is 0 Å². The van der Waals surface area contributed by atoms with Crippen LogP contribution in [0.2, 0.25) is 0 Å². The SMILES string of the molecule is CNCc1ncccc1-c1ccc(C(F)(F)F)cc1. The Hall–Kier alpha value is -1.88. The van der Waals surface area contributed by atoms with Crippen molar-refractivity contribution in [2.45, 2.75) is 12.7 Å². The number of aromatic nitrogens is 1. The smallest absolute Gasteiger partial charge is 0.314 e. The largest absolute Gasteiger partial charge is 0.416 e. The molecule has 0 aliphatic heterocycles. The molecule has 100 valence electrons. The van der Waals surface area contributed by atoms with Crippen LogP contribution in [-0.2, 0) is 12.7 Å². The van der Waals surface area contributed by atoms with E-state index in [-0.39, 0.29) is 0 Å². The predicted octanol–water partition coefficient (Wildman–Crippen LogP) is 3.49. The summed E-state index contributed by atoms with van der Waals surface area (Å²) in [6.07, 6.45) is -2.64. The molecule has 0 saturated carbocycles. The first-order valence-corrected chi connectivity index (χ1v) is 5.78. The zero-order chi connectivity index (χ0) is 13.9. The second-order valence-corrected chi connectivity index (χ2v) is 4.10. The van der Waals surface area contributed by atoms with Gasteiger partial charge in [-0.3, -0.25) is 4.98 Å². The minimum atomic E-state index is -4.30. The van der Waals surface area contributed by atoms with E-state index in [0.717, 1.165) is 29.0 Å². The molecule has 0 spiro atoms. The molecule has 0 atom stereocenters. The van der Waals surface area contributed by atoms with E-state index >= 15 is 0 Å². The Bertz CT molecular complexity index is 547. The van der Waals surface area contributed by atoms with Crippen LogP contribution < -0.4 is 5.32 Å². The van der Waals surface area contributed by atoms with E-state index in [0.29, 0.717) is 6.54 Å². The molecule has 5 heteroatoms. The maximum absolute atomic E-state index is 12.5. The quantitative estimate of drug-likeness (QED) is 0.919. The Morgan fingerprint density at radius 3 is 2.37 bits per heavy atom. The summed E-state index contributed by atoms with van der Waals surface area (Å²) in [5.74, 6) is 0. The fraction of sp³-hybridized carbons (Fsp3) is 0.214. The third kappa shape index (κ3) is 3.12. The number of nitrogens with zero attached hydrogens (tertiary/aromatic N) is 1. The zero-order valence-corrected chi connectivity index (χ0v) is 10.3. The number of nitrogens with one attached hydrogen (secondary N) is 1. The van der Waals surface area contributed by atoms with Crippen LogP contribution in [0.3, 0.4) is 0 Å². The van der Waals surface area contributed by atoms with Crippen molar-refractivity contribution in [1.82, 2.24) is 10.3 Å². The van der Waals surface area contributed by atoms with Gasteiger partial charge in [-0.25, -0.2) is 0 Å². The van der Waals surface area contributed by atoms with Crippen molar-refractivity contribution in [3.8, 4) is 11.1 Å². The number of pyridine rings is 1. The first-order valence-electron chi connectivity index (χ1n) is 5.78. The van der Waals surface area contributed by atoms with Gasteiger partial charge in [0.1, 0.15) is 0 Å². The van der Waals surface area contributed by atoms with E-state index in [2.05, 4.69) is 10.3 Å². The summed E-state index contributed by atoms with van der Waals surface area (Å²) in [6, 6.07) is 8.74. The molecule has 0 bridgehead atoms. The number of hydrogen-bond donors (Lipinski definition) is 1. The molecule has 0 radical (unpaired) electrons. The molecule has 2 rings (SSSR count). The molecule has 1 aromatic carbocycles. The molecule has 0 aliphatic rings.